The van der Waals surface area contributed by atoms with Crippen molar-refractivity contribution in [1.82, 2.24) is 0 Å². The maximum absolute atomic E-state index is 2.34. The van der Waals surface area contributed by atoms with E-state index in [-0.39, 0.29) is 0 Å². The third kappa shape index (κ3) is 4.53. The Morgan fingerprint density at radius 3 is 1.61 bits per heavy atom. The van der Waals surface area contributed by atoms with Crippen LogP contribution >= 0.6 is 0 Å². The monoisotopic (exact) mass is 430 g/mol. The van der Waals surface area contributed by atoms with Crippen molar-refractivity contribution in [3.05, 3.63) is 96.6 Å². The summed E-state index contributed by atoms with van der Waals surface area (Å²) in [6.45, 7) is 2.28. The minimum absolute atomic E-state index is 1.19. The second kappa shape index (κ2) is 10.2. The first-order valence-corrected chi connectivity index (χ1v) is 12.8. The summed E-state index contributed by atoms with van der Waals surface area (Å²) in [7, 11) is 0. The molecule has 0 aliphatic carbocycles. The Bertz CT molecular complexity index is 1310. The van der Waals surface area contributed by atoms with Crippen LogP contribution in [-0.2, 0) is 6.42 Å². The van der Waals surface area contributed by atoms with Crippen molar-refractivity contribution in [3.8, 4) is 11.1 Å². The van der Waals surface area contributed by atoms with Gasteiger partial charge in [0.15, 0.2) is 0 Å². The van der Waals surface area contributed by atoms with E-state index in [0.29, 0.717) is 0 Å². The number of aryl methyl sites for hydroxylation is 1. The fourth-order valence-electron chi connectivity index (χ4n) is 5.33. The van der Waals surface area contributed by atoms with Gasteiger partial charge in [-0.05, 0) is 61.8 Å². The average Bonchev–Trinajstić information content (AvgIpc) is 2.88. The molecule has 0 aliphatic rings. The number of benzene rings is 5. The predicted octanol–water partition coefficient (Wildman–Crippen LogP) is 10.1. The molecule has 0 heterocycles. The molecule has 0 bridgehead atoms. The highest BCUT2D eigenvalue weighted by Crippen LogP contribution is 2.40. The normalized spacial score (nSPS) is 11.5. The summed E-state index contributed by atoms with van der Waals surface area (Å²) in [5.41, 5.74) is 4.10. The predicted molar refractivity (Wildman–Crippen MR) is 146 cm³/mol. The molecule has 0 fully saturated rings. The second-order valence-electron chi connectivity index (χ2n) is 9.39. The molecule has 5 rings (SSSR count). The Balaban J connectivity index is 1.45. The van der Waals surface area contributed by atoms with Gasteiger partial charge in [-0.3, -0.25) is 0 Å². The van der Waals surface area contributed by atoms with E-state index in [1.54, 1.807) is 0 Å². The van der Waals surface area contributed by atoms with Crippen molar-refractivity contribution in [2.75, 3.05) is 0 Å². The number of hydrogen-bond donors (Lipinski definition) is 0. The van der Waals surface area contributed by atoms with E-state index in [1.165, 1.54) is 100 Å². The molecule has 0 unspecified atom stereocenters. The van der Waals surface area contributed by atoms with Crippen molar-refractivity contribution < 1.29 is 0 Å². The van der Waals surface area contributed by atoms with Crippen LogP contribution in [0.15, 0.2) is 91.0 Å². The smallest absolute Gasteiger partial charge is 0.00204 e. The van der Waals surface area contributed by atoms with Gasteiger partial charge in [-0.15, -0.1) is 0 Å². The quantitative estimate of drug-likeness (QED) is 0.161. The summed E-state index contributed by atoms with van der Waals surface area (Å²) >= 11 is 0. The van der Waals surface area contributed by atoms with E-state index >= 15 is 0 Å². The van der Waals surface area contributed by atoms with Gasteiger partial charge in [-0.1, -0.05) is 136 Å². The van der Waals surface area contributed by atoms with Crippen LogP contribution in [0.1, 0.15) is 57.4 Å². The molecule has 0 amide bonds. The Labute approximate surface area is 198 Å². The molecule has 0 aromatic heterocycles. The van der Waals surface area contributed by atoms with Crippen LogP contribution < -0.4 is 0 Å². The molecule has 0 radical (unpaired) electrons. The van der Waals surface area contributed by atoms with E-state index in [9.17, 15) is 0 Å². The Morgan fingerprint density at radius 2 is 0.970 bits per heavy atom. The summed E-state index contributed by atoms with van der Waals surface area (Å²) < 4.78 is 0. The lowest BCUT2D eigenvalue weighted by Gasteiger charge is -2.14. The van der Waals surface area contributed by atoms with E-state index in [4.69, 9.17) is 0 Å². The molecule has 0 saturated heterocycles. The van der Waals surface area contributed by atoms with Crippen LogP contribution in [0.4, 0.5) is 0 Å². The van der Waals surface area contributed by atoms with Crippen LogP contribution in [0.3, 0.4) is 0 Å². The molecule has 0 spiro atoms. The topological polar surface area (TPSA) is 0 Å². The van der Waals surface area contributed by atoms with Gasteiger partial charge in [0.2, 0.25) is 0 Å². The lowest BCUT2D eigenvalue weighted by molar-refractivity contribution is 0.589. The molecular formula is C33H34. The highest BCUT2D eigenvalue weighted by molar-refractivity contribution is 6.28. The van der Waals surface area contributed by atoms with Crippen LogP contribution in [-0.4, -0.2) is 0 Å². The van der Waals surface area contributed by atoms with Crippen molar-refractivity contribution in [3.63, 3.8) is 0 Å². The second-order valence-corrected chi connectivity index (χ2v) is 9.39. The number of rotatable bonds is 9. The van der Waals surface area contributed by atoms with E-state index in [0.717, 1.165) is 0 Å². The molecule has 5 aromatic rings. The molecule has 0 N–H and O–H groups in total. The largest absolute Gasteiger partial charge is 0.0654 e. The van der Waals surface area contributed by atoms with Crippen LogP contribution in [0.25, 0.3) is 43.4 Å². The molecule has 0 saturated carbocycles. The number of unbranched alkanes of at least 4 members (excludes halogenated alkanes) is 6. The zero-order valence-corrected chi connectivity index (χ0v) is 19.8. The van der Waals surface area contributed by atoms with Gasteiger partial charge in [-0.25, -0.2) is 0 Å². The van der Waals surface area contributed by atoms with Crippen molar-refractivity contribution >= 4 is 32.3 Å². The lowest BCUT2D eigenvalue weighted by Crippen LogP contribution is -1.89. The molecule has 0 nitrogen and oxygen atoms in total. The van der Waals surface area contributed by atoms with Crippen LogP contribution in [0.5, 0.6) is 0 Å². The van der Waals surface area contributed by atoms with Gasteiger partial charge in [0.1, 0.15) is 0 Å². The summed E-state index contributed by atoms with van der Waals surface area (Å²) in [6, 6.07) is 33.8. The van der Waals surface area contributed by atoms with E-state index in [2.05, 4.69) is 97.9 Å². The van der Waals surface area contributed by atoms with Crippen molar-refractivity contribution in [2.45, 2.75) is 58.3 Å². The third-order valence-corrected chi connectivity index (χ3v) is 7.10. The molecule has 166 valence electrons. The first-order chi connectivity index (χ1) is 16.4. The highest BCUT2D eigenvalue weighted by atomic mass is 14.2. The SMILES string of the molecule is CCCCCCCCCc1ccc(-c2cccc3c4ccccc4c4ccccc4c23)cc1. The molecule has 0 aliphatic heterocycles. The molecule has 5 aromatic carbocycles. The minimum Gasteiger partial charge on any atom is -0.0654 e. The van der Waals surface area contributed by atoms with Gasteiger partial charge in [0.05, 0.1) is 0 Å². The highest BCUT2D eigenvalue weighted by Gasteiger charge is 2.12. The van der Waals surface area contributed by atoms with Crippen molar-refractivity contribution in [2.24, 2.45) is 0 Å². The summed E-state index contributed by atoms with van der Waals surface area (Å²) in [6.07, 6.45) is 10.8. The Morgan fingerprint density at radius 1 is 0.455 bits per heavy atom. The lowest BCUT2D eigenvalue weighted by atomic mass is 9.89. The fraction of sp³-hybridized carbons (Fsp3) is 0.273. The zero-order chi connectivity index (χ0) is 22.5. The van der Waals surface area contributed by atoms with E-state index < -0.39 is 0 Å². The maximum atomic E-state index is 2.34. The van der Waals surface area contributed by atoms with Gasteiger partial charge in [0, 0.05) is 0 Å². The Kier molecular flexibility index (Phi) is 6.72. The zero-order valence-electron chi connectivity index (χ0n) is 19.8. The molecular weight excluding hydrogens is 396 g/mol. The fourth-order valence-corrected chi connectivity index (χ4v) is 5.33. The van der Waals surface area contributed by atoms with Gasteiger partial charge < -0.3 is 0 Å². The summed E-state index contributed by atoms with van der Waals surface area (Å²) in [4.78, 5) is 0. The third-order valence-electron chi connectivity index (χ3n) is 7.10. The standard InChI is InChI=1S/C33H34/c1-2-3-4-5-6-7-8-14-25-21-23-26(24-22-25)27-19-13-20-32-30-16-10-9-15-28(30)29-17-11-12-18-31(29)33(27)32/h9-13,15-24H,2-8,14H2,1H3. The van der Waals surface area contributed by atoms with Crippen LogP contribution in [0, 0.1) is 0 Å². The Hall–Kier alpha value is -3.12. The molecule has 0 atom stereocenters. The van der Waals surface area contributed by atoms with Gasteiger partial charge >= 0.3 is 0 Å². The number of hydrogen-bond acceptors (Lipinski definition) is 0. The minimum atomic E-state index is 1.19. The van der Waals surface area contributed by atoms with Crippen molar-refractivity contribution in [1.29, 1.82) is 0 Å². The maximum Gasteiger partial charge on any atom is -0.00204 e. The summed E-state index contributed by atoms with van der Waals surface area (Å²) in [5, 5.41) is 8.06. The van der Waals surface area contributed by atoms with Crippen LogP contribution in [0.2, 0.25) is 0 Å². The van der Waals surface area contributed by atoms with Gasteiger partial charge in [0.25, 0.3) is 0 Å². The molecule has 33 heavy (non-hydrogen) atoms. The first-order valence-electron chi connectivity index (χ1n) is 12.8. The first kappa shape index (κ1) is 21.7. The summed E-state index contributed by atoms with van der Waals surface area (Å²) in [5.74, 6) is 0. The molecule has 0 heteroatoms. The number of fused-ring (bicyclic) bond motifs is 6. The van der Waals surface area contributed by atoms with E-state index in [1.807, 2.05) is 0 Å². The van der Waals surface area contributed by atoms with Gasteiger partial charge in [-0.2, -0.15) is 0 Å². The average molecular weight is 431 g/mol.